The van der Waals surface area contributed by atoms with Gasteiger partial charge in [0, 0.05) is 37.7 Å². The fraction of sp³-hybridized carbons (Fsp3) is 0.481. The third kappa shape index (κ3) is 6.29. The number of piperazine rings is 1. The van der Waals surface area contributed by atoms with Crippen LogP contribution in [0.4, 0.5) is 0 Å². The molecule has 4 rings (SSSR count). The van der Waals surface area contributed by atoms with Crippen LogP contribution in [0, 0.1) is 5.92 Å². The average molecular weight is 518 g/mol. The number of methoxy groups -OCH3 is 1. The number of benzene rings is 2. The maximum absolute atomic E-state index is 13.4. The van der Waals surface area contributed by atoms with Crippen molar-refractivity contribution in [2.24, 2.45) is 5.92 Å². The lowest BCUT2D eigenvalue weighted by Gasteiger charge is -2.40. The van der Waals surface area contributed by atoms with Gasteiger partial charge in [0.05, 0.1) is 23.7 Å². The lowest BCUT2D eigenvalue weighted by Crippen LogP contribution is -2.58. The topological polar surface area (TPSA) is 61.9 Å². The molecule has 2 aromatic rings. The van der Waals surface area contributed by atoms with Crippen LogP contribution in [0.2, 0.25) is 10.0 Å². The molecule has 2 aromatic carbocycles. The van der Waals surface area contributed by atoms with Crippen molar-refractivity contribution in [3.05, 3.63) is 63.6 Å². The Morgan fingerprint density at radius 3 is 2.46 bits per heavy atom. The number of para-hydroxylation sites is 1. The third-order valence-electron chi connectivity index (χ3n) is 7.16. The van der Waals surface area contributed by atoms with Crippen molar-refractivity contribution in [1.29, 1.82) is 0 Å². The highest BCUT2D eigenvalue weighted by molar-refractivity contribution is 6.36. The highest BCUT2D eigenvalue weighted by atomic mass is 35.5. The van der Waals surface area contributed by atoms with Crippen LogP contribution < -0.4 is 10.1 Å². The van der Waals surface area contributed by atoms with Gasteiger partial charge in [0.2, 0.25) is 5.91 Å². The summed E-state index contributed by atoms with van der Waals surface area (Å²) in [6, 6.07) is 12.7. The van der Waals surface area contributed by atoms with E-state index in [-0.39, 0.29) is 17.9 Å². The molecule has 0 aromatic heterocycles. The van der Waals surface area contributed by atoms with E-state index in [0.29, 0.717) is 54.3 Å². The number of hydrogen-bond donors (Lipinski definition) is 1. The van der Waals surface area contributed by atoms with Crippen LogP contribution in [0.15, 0.2) is 42.5 Å². The maximum atomic E-state index is 13.4. The quantitative estimate of drug-likeness (QED) is 0.552. The Kier molecular flexibility index (Phi) is 8.93. The van der Waals surface area contributed by atoms with E-state index in [4.69, 9.17) is 27.9 Å². The molecule has 0 radical (unpaired) electrons. The molecule has 188 valence electrons. The predicted octanol–water partition coefficient (Wildman–Crippen LogP) is 4.68. The van der Waals surface area contributed by atoms with E-state index in [1.54, 1.807) is 25.3 Å². The van der Waals surface area contributed by atoms with Gasteiger partial charge in [-0.15, -0.1) is 0 Å². The smallest absolute Gasteiger partial charge is 0.255 e. The Bertz CT molecular complexity index is 1030. The molecule has 2 amide bonds. The number of nitrogens with one attached hydrogen (secondary N) is 1. The van der Waals surface area contributed by atoms with E-state index < -0.39 is 0 Å². The summed E-state index contributed by atoms with van der Waals surface area (Å²) in [4.78, 5) is 30.5. The molecule has 1 heterocycles. The number of ether oxygens (including phenoxy) is 1. The van der Waals surface area contributed by atoms with Crippen LogP contribution in [0.3, 0.4) is 0 Å². The van der Waals surface area contributed by atoms with Crippen molar-refractivity contribution in [2.75, 3.05) is 39.8 Å². The van der Waals surface area contributed by atoms with Crippen molar-refractivity contribution in [3.8, 4) is 5.75 Å². The molecule has 1 saturated heterocycles. The molecule has 0 bridgehead atoms. The molecule has 1 saturated carbocycles. The van der Waals surface area contributed by atoms with Crippen LogP contribution >= 0.6 is 23.2 Å². The van der Waals surface area contributed by atoms with Gasteiger partial charge in [-0.25, -0.2) is 0 Å². The third-order valence-corrected chi connectivity index (χ3v) is 7.71. The standard InChI is InChI=1S/C27H33Cl2N3O3/c1-35-24-9-5-4-6-19(24)12-13-30-26(33)25(20-7-2-3-8-20)31-14-16-32(17-15-31)27(34)22-11-10-21(28)18-23(22)29/h4-6,9-11,18,20,25H,2-3,7-8,12-17H2,1H3,(H,30,33)/t25-/m1/s1. The number of carbonyl (C=O) groups excluding carboxylic acids is 2. The first-order valence-electron chi connectivity index (χ1n) is 12.4. The molecule has 1 aliphatic carbocycles. The molecule has 2 fully saturated rings. The van der Waals surface area contributed by atoms with E-state index in [1.165, 1.54) is 12.8 Å². The zero-order valence-corrected chi connectivity index (χ0v) is 21.7. The average Bonchev–Trinajstić information content (AvgIpc) is 3.39. The Labute approximate surface area is 217 Å². The van der Waals surface area contributed by atoms with Gasteiger partial charge in [0.15, 0.2) is 0 Å². The molecular weight excluding hydrogens is 485 g/mol. The van der Waals surface area contributed by atoms with Gasteiger partial charge in [0.25, 0.3) is 5.91 Å². The Morgan fingerprint density at radius 1 is 1.06 bits per heavy atom. The van der Waals surface area contributed by atoms with Crippen LogP contribution in [0.25, 0.3) is 0 Å². The van der Waals surface area contributed by atoms with Crippen molar-refractivity contribution in [1.82, 2.24) is 15.1 Å². The second-order valence-corrected chi connectivity index (χ2v) is 10.1. The highest BCUT2D eigenvalue weighted by Crippen LogP contribution is 2.31. The van der Waals surface area contributed by atoms with E-state index >= 15 is 0 Å². The summed E-state index contributed by atoms with van der Waals surface area (Å²) in [6.45, 7) is 3.02. The first-order valence-corrected chi connectivity index (χ1v) is 13.1. The van der Waals surface area contributed by atoms with Gasteiger partial charge < -0.3 is 15.0 Å². The number of nitrogens with zero attached hydrogens (tertiary/aromatic N) is 2. The summed E-state index contributed by atoms with van der Waals surface area (Å²) in [7, 11) is 1.67. The molecule has 6 nitrogen and oxygen atoms in total. The number of carbonyl (C=O) groups is 2. The summed E-state index contributed by atoms with van der Waals surface area (Å²) >= 11 is 12.2. The van der Waals surface area contributed by atoms with E-state index in [9.17, 15) is 9.59 Å². The lowest BCUT2D eigenvalue weighted by molar-refractivity contribution is -0.129. The van der Waals surface area contributed by atoms with E-state index in [0.717, 1.165) is 30.6 Å². The normalized spacial score (nSPS) is 17.9. The summed E-state index contributed by atoms with van der Waals surface area (Å²) < 4.78 is 5.43. The lowest BCUT2D eigenvalue weighted by atomic mass is 9.94. The fourth-order valence-corrected chi connectivity index (χ4v) is 5.81. The molecule has 0 unspecified atom stereocenters. The second-order valence-electron chi connectivity index (χ2n) is 9.29. The predicted molar refractivity (Wildman–Crippen MR) is 139 cm³/mol. The zero-order valence-electron chi connectivity index (χ0n) is 20.1. The molecule has 1 atom stereocenters. The maximum Gasteiger partial charge on any atom is 0.255 e. The Morgan fingerprint density at radius 2 is 1.77 bits per heavy atom. The molecule has 1 N–H and O–H groups in total. The summed E-state index contributed by atoms with van der Waals surface area (Å²) in [6.07, 6.45) is 5.21. The van der Waals surface area contributed by atoms with Crippen molar-refractivity contribution >= 4 is 35.0 Å². The minimum Gasteiger partial charge on any atom is -0.496 e. The van der Waals surface area contributed by atoms with Crippen molar-refractivity contribution in [3.63, 3.8) is 0 Å². The SMILES string of the molecule is COc1ccccc1CCNC(=O)[C@@H](C1CCCC1)N1CCN(C(=O)c2ccc(Cl)cc2Cl)CC1. The summed E-state index contributed by atoms with van der Waals surface area (Å²) in [5.74, 6) is 1.20. The minimum absolute atomic E-state index is 0.0901. The van der Waals surface area contributed by atoms with Gasteiger partial charge in [-0.1, -0.05) is 54.2 Å². The van der Waals surface area contributed by atoms with Gasteiger partial charge in [-0.2, -0.15) is 0 Å². The number of halogens is 2. The number of hydrogen-bond acceptors (Lipinski definition) is 4. The van der Waals surface area contributed by atoms with Crippen LogP contribution in [0.5, 0.6) is 5.75 Å². The monoisotopic (exact) mass is 517 g/mol. The molecular formula is C27H33Cl2N3O3. The van der Waals surface area contributed by atoms with Crippen LogP contribution in [0.1, 0.15) is 41.6 Å². The Hall–Kier alpha value is -2.28. The minimum atomic E-state index is -0.161. The fourth-order valence-electron chi connectivity index (χ4n) is 5.32. The number of amides is 2. The van der Waals surface area contributed by atoms with Crippen LogP contribution in [-0.4, -0.2) is 67.5 Å². The van der Waals surface area contributed by atoms with Gasteiger partial charge in [-0.3, -0.25) is 14.5 Å². The first-order chi connectivity index (χ1) is 17.0. The second kappa shape index (κ2) is 12.1. The van der Waals surface area contributed by atoms with Crippen molar-refractivity contribution in [2.45, 2.75) is 38.1 Å². The van der Waals surface area contributed by atoms with Crippen LogP contribution in [-0.2, 0) is 11.2 Å². The van der Waals surface area contributed by atoms with Gasteiger partial charge in [-0.05, 0) is 55.0 Å². The largest absolute Gasteiger partial charge is 0.496 e. The Balaban J connectivity index is 1.37. The van der Waals surface area contributed by atoms with E-state index in [1.807, 2.05) is 29.2 Å². The molecule has 1 aliphatic heterocycles. The van der Waals surface area contributed by atoms with Crippen molar-refractivity contribution < 1.29 is 14.3 Å². The molecule has 8 heteroatoms. The first kappa shape index (κ1) is 25.8. The molecule has 35 heavy (non-hydrogen) atoms. The summed E-state index contributed by atoms with van der Waals surface area (Å²) in [5, 5.41) is 4.05. The van der Waals surface area contributed by atoms with E-state index in [2.05, 4.69) is 10.2 Å². The molecule has 0 spiro atoms. The highest BCUT2D eigenvalue weighted by Gasteiger charge is 2.37. The number of rotatable bonds is 8. The van der Waals surface area contributed by atoms with Gasteiger partial charge in [0.1, 0.15) is 5.75 Å². The summed E-state index contributed by atoms with van der Waals surface area (Å²) in [5.41, 5.74) is 1.55. The molecule has 2 aliphatic rings. The zero-order chi connectivity index (χ0) is 24.8. The van der Waals surface area contributed by atoms with Gasteiger partial charge >= 0.3 is 0 Å².